The molecule has 1 saturated heterocycles. The first-order valence-corrected chi connectivity index (χ1v) is 9.62. The number of methoxy groups -OCH3 is 1. The lowest BCUT2D eigenvalue weighted by atomic mass is 10.2. The zero-order valence-corrected chi connectivity index (χ0v) is 15.1. The molecule has 0 atom stereocenters. The second kappa shape index (κ2) is 8.19. The predicted octanol–water partition coefficient (Wildman–Crippen LogP) is 1.52. The Hall–Kier alpha value is -2.29. The average molecular weight is 370 g/mol. The smallest absolute Gasteiger partial charge is 0.306 e. The van der Waals surface area contributed by atoms with Crippen molar-refractivity contribution in [2.45, 2.75) is 26.2 Å². The van der Waals surface area contributed by atoms with Crippen molar-refractivity contribution in [3.05, 3.63) is 18.2 Å². The third-order valence-electron chi connectivity index (χ3n) is 3.71. The van der Waals surface area contributed by atoms with Crippen molar-refractivity contribution in [2.24, 2.45) is 0 Å². The Labute approximate surface area is 147 Å². The van der Waals surface area contributed by atoms with Gasteiger partial charge in [-0.25, -0.2) is 8.42 Å². The van der Waals surface area contributed by atoms with E-state index in [2.05, 4.69) is 5.32 Å². The number of nitrogens with one attached hydrogen (secondary N) is 1. The number of esters is 1. The summed E-state index contributed by atoms with van der Waals surface area (Å²) in [5.74, 6) is -0.306. The molecule has 0 aliphatic carbocycles. The fourth-order valence-electron chi connectivity index (χ4n) is 2.54. The minimum atomic E-state index is -3.31. The molecule has 1 aliphatic rings. The summed E-state index contributed by atoms with van der Waals surface area (Å²) in [7, 11) is -1.86. The second-order valence-corrected chi connectivity index (χ2v) is 7.49. The Morgan fingerprint density at radius 1 is 1.28 bits per heavy atom. The molecular formula is C16H22N2O6S. The van der Waals surface area contributed by atoms with Crippen LogP contribution in [0.4, 0.5) is 11.4 Å². The van der Waals surface area contributed by atoms with Crippen LogP contribution in [-0.2, 0) is 24.3 Å². The number of nitrogens with zero attached hydrogens (tertiary/aromatic N) is 1. The SMILES string of the molecule is CCOC(=O)CCC(=O)Nc1cc(N2CCCS2(=O)=O)ccc1OC. The van der Waals surface area contributed by atoms with Gasteiger partial charge >= 0.3 is 5.97 Å². The molecule has 1 aromatic carbocycles. The van der Waals surface area contributed by atoms with Crippen LogP contribution in [0.15, 0.2) is 18.2 Å². The number of amides is 1. The Bertz CT molecular complexity index is 747. The molecule has 1 N–H and O–H groups in total. The topological polar surface area (TPSA) is 102 Å². The minimum Gasteiger partial charge on any atom is -0.495 e. The molecule has 138 valence electrons. The van der Waals surface area contributed by atoms with Crippen molar-refractivity contribution in [1.82, 2.24) is 0 Å². The lowest BCUT2D eigenvalue weighted by molar-refractivity contribution is -0.144. The van der Waals surface area contributed by atoms with Gasteiger partial charge in [0.2, 0.25) is 15.9 Å². The van der Waals surface area contributed by atoms with E-state index in [9.17, 15) is 18.0 Å². The molecule has 25 heavy (non-hydrogen) atoms. The van der Waals surface area contributed by atoms with Crippen LogP contribution in [0.2, 0.25) is 0 Å². The average Bonchev–Trinajstić information content (AvgIpc) is 2.92. The van der Waals surface area contributed by atoms with Crippen molar-refractivity contribution in [3.63, 3.8) is 0 Å². The van der Waals surface area contributed by atoms with Crippen LogP contribution in [-0.4, -0.2) is 46.3 Å². The molecule has 2 rings (SSSR count). The molecule has 1 aliphatic heterocycles. The Morgan fingerprint density at radius 3 is 2.64 bits per heavy atom. The number of carbonyl (C=O) groups excluding carboxylic acids is 2. The quantitative estimate of drug-likeness (QED) is 0.730. The van der Waals surface area contributed by atoms with Gasteiger partial charge in [0.1, 0.15) is 5.75 Å². The molecule has 1 amide bonds. The van der Waals surface area contributed by atoms with Crippen LogP contribution < -0.4 is 14.4 Å². The highest BCUT2D eigenvalue weighted by Crippen LogP contribution is 2.32. The van der Waals surface area contributed by atoms with Gasteiger partial charge in [-0.3, -0.25) is 13.9 Å². The highest BCUT2D eigenvalue weighted by atomic mass is 32.2. The molecule has 0 bridgehead atoms. The fourth-order valence-corrected chi connectivity index (χ4v) is 4.10. The number of rotatable bonds is 7. The maximum absolute atomic E-state index is 12.0. The van der Waals surface area contributed by atoms with Gasteiger partial charge in [-0.1, -0.05) is 0 Å². The van der Waals surface area contributed by atoms with E-state index in [1.54, 1.807) is 25.1 Å². The highest BCUT2D eigenvalue weighted by Gasteiger charge is 2.29. The van der Waals surface area contributed by atoms with E-state index in [1.807, 2.05) is 0 Å². The van der Waals surface area contributed by atoms with E-state index in [0.717, 1.165) is 0 Å². The van der Waals surface area contributed by atoms with Crippen LogP contribution in [0.3, 0.4) is 0 Å². The highest BCUT2D eigenvalue weighted by molar-refractivity contribution is 7.93. The van der Waals surface area contributed by atoms with Gasteiger partial charge in [0.15, 0.2) is 0 Å². The third kappa shape index (κ3) is 4.85. The maximum Gasteiger partial charge on any atom is 0.306 e. The van der Waals surface area contributed by atoms with E-state index in [1.165, 1.54) is 11.4 Å². The molecular weight excluding hydrogens is 348 g/mol. The summed E-state index contributed by atoms with van der Waals surface area (Å²) in [4.78, 5) is 23.4. The third-order valence-corrected chi connectivity index (χ3v) is 5.58. The first-order valence-electron chi connectivity index (χ1n) is 8.01. The summed E-state index contributed by atoms with van der Waals surface area (Å²) in [6, 6.07) is 4.80. The first kappa shape index (κ1) is 19.0. The van der Waals surface area contributed by atoms with E-state index < -0.39 is 16.0 Å². The summed E-state index contributed by atoms with van der Waals surface area (Å²) in [5, 5.41) is 2.66. The summed E-state index contributed by atoms with van der Waals surface area (Å²) in [6.07, 6.45) is 0.506. The normalized spacial score (nSPS) is 15.7. The lowest BCUT2D eigenvalue weighted by Gasteiger charge is -2.19. The molecule has 0 spiro atoms. The van der Waals surface area contributed by atoms with E-state index in [0.29, 0.717) is 30.1 Å². The molecule has 0 aromatic heterocycles. The fraction of sp³-hybridized carbons (Fsp3) is 0.500. The zero-order valence-electron chi connectivity index (χ0n) is 14.3. The number of ether oxygens (including phenoxy) is 2. The van der Waals surface area contributed by atoms with Gasteiger partial charge in [0.05, 0.1) is 37.3 Å². The van der Waals surface area contributed by atoms with E-state index in [4.69, 9.17) is 9.47 Å². The Morgan fingerprint density at radius 2 is 2.04 bits per heavy atom. The number of hydrogen-bond donors (Lipinski definition) is 1. The number of sulfonamides is 1. The van der Waals surface area contributed by atoms with Crippen molar-refractivity contribution in [3.8, 4) is 5.75 Å². The van der Waals surface area contributed by atoms with Crippen LogP contribution in [0.5, 0.6) is 5.75 Å². The van der Waals surface area contributed by atoms with Crippen molar-refractivity contribution in [2.75, 3.05) is 35.6 Å². The van der Waals surface area contributed by atoms with Gasteiger partial charge < -0.3 is 14.8 Å². The van der Waals surface area contributed by atoms with Gasteiger partial charge in [-0.05, 0) is 31.5 Å². The zero-order chi connectivity index (χ0) is 18.4. The molecule has 0 radical (unpaired) electrons. The summed E-state index contributed by atoms with van der Waals surface area (Å²) < 4.78 is 35.4. The van der Waals surface area contributed by atoms with E-state index >= 15 is 0 Å². The molecule has 1 fully saturated rings. The standard InChI is InChI=1S/C16H22N2O6S/c1-3-24-16(20)8-7-15(19)17-13-11-12(5-6-14(13)23-2)18-9-4-10-25(18,21)22/h5-6,11H,3-4,7-10H2,1-2H3,(H,17,19). The molecule has 8 nitrogen and oxygen atoms in total. The molecule has 1 heterocycles. The van der Waals surface area contributed by atoms with Gasteiger partial charge in [-0.2, -0.15) is 0 Å². The molecule has 1 aromatic rings. The predicted molar refractivity (Wildman–Crippen MR) is 93.2 cm³/mol. The van der Waals surface area contributed by atoms with Gasteiger partial charge in [0, 0.05) is 13.0 Å². The molecule has 9 heteroatoms. The first-order chi connectivity index (χ1) is 11.9. The summed E-state index contributed by atoms with van der Waals surface area (Å²) >= 11 is 0. The van der Waals surface area contributed by atoms with Crippen molar-refractivity contribution < 1.29 is 27.5 Å². The van der Waals surface area contributed by atoms with E-state index in [-0.39, 0.29) is 31.1 Å². The summed E-state index contributed by atoms with van der Waals surface area (Å²) in [5.41, 5.74) is 0.829. The maximum atomic E-state index is 12.0. The van der Waals surface area contributed by atoms with Crippen LogP contribution in [0.1, 0.15) is 26.2 Å². The second-order valence-electron chi connectivity index (χ2n) is 5.48. The largest absolute Gasteiger partial charge is 0.495 e. The molecule has 0 unspecified atom stereocenters. The van der Waals surface area contributed by atoms with Crippen molar-refractivity contribution in [1.29, 1.82) is 0 Å². The Kier molecular flexibility index (Phi) is 6.24. The van der Waals surface area contributed by atoms with Crippen LogP contribution >= 0.6 is 0 Å². The minimum absolute atomic E-state index is 0.0256. The monoisotopic (exact) mass is 370 g/mol. The lowest BCUT2D eigenvalue weighted by Crippen LogP contribution is -2.25. The van der Waals surface area contributed by atoms with Crippen LogP contribution in [0.25, 0.3) is 0 Å². The van der Waals surface area contributed by atoms with Gasteiger partial charge in [0.25, 0.3) is 0 Å². The number of anilines is 2. The number of carbonyl (C=O) groups is 2. The number of benzene rings is 1. The van der Waals surface area contributed by atoms with Crippen LogP contribution in [0, 0.1) is 0 Å². The Balaban J connectivity index is 2.12. The molecule has 0 saturated carbocycles. The van der Waals surface area contributed by atoms with Crippen molar-refractivity contribution >= 4 is 33.3 Å². The summed E-state index contributed by atoms with van der Waals surface area (Å²) in [6.45, 7) is 2.37. The number of hydrogen-bond acceptors (Lipinski definition) is 6. The van der Waals surface area contributed by atoms with Gasteiger partial charge in [-0.15, -0.1) is 0 Å².